The Bertz CT molecular complexity index is 1340. The van der Waals surface area contributed by atoms with Crippen molar-refractivity contribution in [3.05, 3.63) is 42.5 Å². The van der Waals surface area contributed by atoms with Crippen LogP contribution in [0.1, 0.15) is 32.8 Å². The molecule has 0 saturated carbocycles. The number of nitriles is 1. The Labute approximate surface area is 218 Å². The maximum Gasteiger partial charge on any atom is 0.253 e. The molecule has 13 heteroatoms. The molecule has 0 aliphatic carbocycles. The molecule has 4 rings (SSSR count). The lowest BCUT2D eigenvalue weighted by Gasteiger charge is -2.35. The number of anilines is 2. The molecular weight excluding hydrogens is 495 g/mol. The van der Waals surface area contributed by atoms with E-state index in [0.29, 0.717) is 23.0 Å². The van der Waals surface area contributed by atoms with Crippen LogP contribution in [0.2, 0.25) is 0 Å². The first-order valence-corrected chi connectivity index (χ1v) is 12.0. The Kier molecular flexibility index (Phi) is 7.84. The Hall–Kier alpha value is -4.15. The number of alkyl halides is 1. The Morgan fingerprint density at radius 3 is 2.82 bits per heavy atom. The van der Waals surface area contributed by atoms with Gasteiger partial charge in [-0.3, -0.25) is 9.48 Å². The van der Waals surface area contributed by atoms with Gasteiger partial charge in [-0.05, 0) is 39.0 Å². The van der Waals surface area contributed by atoms with Crippen molar-refractivity contribution in [3.63, 3.8) is 0 Å². The van der Waals surface area contributed by atoms with Crippen molar-refractivity contribution in [3.8, 4) is 23.2 Å². The molecule has 3 aromatic rings. The number of carbonyl (C=O) groups excluding carboxylic acids is 1. The van der Waals surface area contributed by atoms with Crippen LogP contribution >= 0.6 is 0 Å². The highest BCUT2D eigenvalue weighted by molar-refractivity contribution is 5.81. The molecule has 38 heavy (non-hydrogen) atoms. The fourth-order valence-corrected chi connectivity index (χ4v) is 3.91. The number of benzene rings is 1. The normalized spacial score (nSPS) is 18.5. The zero-order valence-corrected chi connectivity index (χ0v) is 21.2. The summed E-state index contributed by atoms with van der Waals surface area (Å²) in [5, 5.41) is 35.6. The fraction of sp³-hybridized carbons (Fsp3) is 0.440. The average molecular weight is 525 g/mol. The van der Waals surface area contributed by atoms with E-state index >= 15 is 0 Å². The van der Waals surface area contributed by atoms with Crippen LogP contribution in [0.4, 0.5) is 16.0 Å². The van der Waals surface area contributed by atoms with Crippen molar-refractivity contribution < 1.29 is 24.1 Å². The maximum atomic E-state index is 14.8. The Morgan fingerprint density at radius 2 is 2.16 bits per heavy atom. The number of hydrogen-bond acceptors (Lipinski definition) is 10. The van der Waals surface area contributed by atoms with E-state index in [4.69, 9.17) is 9.84 Å². The summed E-state index contributed by atoms with van der Waals surface area (Å²) in [6, 6.07) is 6.83. The van der Waals surface area contributed by atoms with Gasteiger partial charge in [0.1, 0.15) is 24.3 Å². The van der Waals surface area contributed by atoms with Crippen LogP contribution in [0.25, 0.3) is 11.4 Å². The van der Waals surface area contributed by atoms with E-state index in [2.05, 4.69) is 31.4 Å². The number of aliphatic hydroxyl groups is 2. The van der Waals surface area contributed by atoms with Crippen molar-refractivity contribution in [2.75, 3.05) is 25.0 Å². The summed E-state index contributed by atoms with van der Waals surface area (Å²) >= 11 is 0. The van der Waals surface area contributed by atoms with Crippen molar-refractivity contribution in [1.82, 2.24) is 29.6 Å². The lowest BCUT2D eigenvalue weighted by Crippen LogP contribution is -2.52. The molecule has 1 unspecified atom stereocenters. The predicted molar refractivity (Wildman–Crippen MR) is 134 cm³/mol. The summed E-state index contributed by atoms with van der Waals surface area (Å²) in [4.78, 5) is 26.0. The summed E-state index contributed by atoms with van der Waals surface area (Å²) in [5.41, 5.74) is 1.24. The molecule has 2 aromatic heterocycles. The van der Waals surface area contributed by atoms with Gasteiger partial charge >= 0.3 is 0 Å². The van der Waals surface area contributed by atoms with Crippen LogP contribution in [0.3, 0.4) is 0 Å². The topological polar surface area (TPSA) is 162 Å². The predicted octanol–water partition coefficient (Wildman–Crippen LogP) is 1.78. The minimum absolute atomic E-state index is 0.149. The number of rotatable bonds is 7. The first kappa shape index (κ1) is 26.9. The lowest BCUT2D eigenvalue weighted by atomic mass is 10.0. The lowest BCUT2D eigenvalue weighted by molar-refractivity contribution is -0.146. The number of aliphatic hydroxyl groups excluding tert-OH is 2. The van der Waals surface area contributed by atoms with Gasteiger partial charge < -0.3 is 25.2 Å². The SMILES string of the molecule is CC(C)(C)n1cc(Nc2ncnc(-c3ccc(O[C@H]4CCN(C(=O)C(O)CO)C[C@H]4F)c(C#N)c3)n2)cn1. The third-order valence-corrected chi connectivity index (χ3v) is 5.99. The third kappa shape index (κ3) is 6.04. The van der Waals surface area contributed by atoms with E-state index in [9.17, 15) is 19.6 Å². The molecule has 1 fully saturated rings. The number of carbonyl (C=O) groups is 1. The Balaban J connectivity index is 1.46. The second kappa shape index (κ2) is 11.1. The highest BCUT2D eigenvalue weighted by Gasteiger charge is 2.35. The molecule has 200 valence electrons. The highest BCUT2D eigenvalue weighted by Crippen LogP contribution is 2.28. The standard InChI is InChI=1S/C25H29FN8O4/c1-25(2,3)34-11-17(10-30-34)31-24-29-14-28-22(32-24)15-4-5-20(16(8-15)9-27)38-21-6-7-33(12-18(21)26)23(37)19(36)13-35/h4-5,8,10-11,14,18-19,21,35-36H,6-7,12-13H2,1-3H3,(H,28,29,31,32)/t18-,19?,21+/m1/s1. The molecule has 1 aromatic carbocycles. The molecule has 0 radical (unpaired) electrons. The van der Waals surface area contributed by atoms with E-state index in [1.807, 2.05) is 31.6 Å². The number of amides is 1. The van der Waals surface area contributed by atoms with Crippen molar-refractivity contribution in [2.24, 2.45) is 0 Å². The van der Waals surface area contributed by atoms with Gasteiger partial charge in [0.15, 0.2) is 18.1 Å². The Morgan fingerprint density at radius 1 is 1.37 bits per heavy atom. The van der Waals surface area contributed by atoms with Gasteiger partial charge in [-0.15, -0.1) is 0 Å². The number of likely N-dealkylation sites (tertiary alicyclic amines) is 1. The van der Waals surface area contributed by atoms with Crippen LogP contribution in [-0.4, -0.2) is 83.8 Å². The van der Waals surface area contributed by atoms with E-state index in [1.54, 1.807) is 24.4 Å². The molecule has 1 aliphatic heterocycles. The quantitative estimate of drug-likeness (QED) is 0.415. The number of nitrogens with zero attached hydrogens (tertiary/aromatic N) is 7. The number of halogens is 1. The monoisotopic (exact) mass is 524 g/mol. The molecule has 0 spiro atoms. The largest absolute Gasteiger partial charge is 0.486 e. The zero-order chi connectivity index (χ0) is 27.4. The maximum absolute atomic E-state index is 14.8. The second-order valence-electron chi connectivity index (χ2n) is 9.87. The number of nitrogens with one attached hydrogen (secondary N) is 1. The van der Waals surface area contributed by atoms with Crippen LogP contribution < -0.4 is 10.1 Å². The number of ether oxygens (including phenoxy) is 1. The number of aromatic nitrogens is 5. The van der Waals surface area contributed by atoms with Gasteiger partial charge in [-0.2, -0.15) is 15.3 Å². The third-order valence-electron chi connectivity index (χ3n) is 5.99. The second-order valence-corrected chi connectivity index (χ2v) is 9.87. The van der Waals surface area contributed by atoms with Crippen LogP contribution in [0.5, 0.6) is 5.75 Å². The summed E-state index contributed by atoms with van der Waals surface area (Å²) in [7, 11) is 0. The molecule has 1 amide bonds. The fourth-order valence-electron chi connectivity index (χ4n) is 3.91. The smallest absolute Gasteiger partial charge is 0.253 e. The van der Waals surface area contributed by atoms with Crippen molar-refractivity contribution in [1.29, 1.82) is 5.26 Å². The van der Waals surface area contributed by atoms with Gasteiger partial charge in [-0.25, -0.2) is 14.4 Å². The van der Waals surface area contributed by atoms with E-state index < -0.39 is 30.9 Å². The number of piperidine rings is 1. The molecule has 3 N–H and O–H groups in total. The van der Waals surface area contributed by atoms with Crippen LogP contribution in [0, 0.1) is 11.3 Å². The van der Waals surface area contributed by atoms with E-state index in [0.717, 1.165) is 4.90 Å². The molecule has 1 saturated heterocycles. The first-order valence-electron chi connectivity index (χ1n) is 12.0. The van der Waals surface area contributed by atoms with Crippen LogP contribution in [0.15, 0.2) is 36.9 Å². The van der Waals surface area contributed by atoms with Crippen molar-refractivity contribution in [2.45, 2.75) is 51.1 Å². The van der Waals surface area contributed by atoms with Gasteiger partial charge in [0, 0.05) is 24.7 Å². The summed E-state index contributed by atoms with van der Waals surface area (Å²) < 4.78 is 22.4. The zero-order valence-electron chi connectivity index (χ0n) is 21.2. The minimum Gasteiger partial charge on any atom is -0.486 e. The number of hydrogen-bond donors (Lipinski definition) is 3. The molecule has 3 atom stereocenters. The average Bonchev–Trinajstić information content (AvgIpc) is 3.38. The molecule has 3 heterocycles. The van der Waals surface area contributed by atoms with Crippen molar-refractivity contribution >= 4 is 17.5 Å². The minimum atomic E-state index is -1.58. The van der Waals surface area contributed by atoms with E-state index in [-0.39, 0.29) is 36.4 Å². The highest BCUT2D eigenvalue weighted by atomic mass is 19.1. The van der Waals surface area contributed by atoms with Gasteiger partial charge in [0.25, 0.3) is 5.91 Å². The first-order chi connectivity index (χ1) is 18.1. The van der Waals surface area contributed by atoms with Gasteiger partial charge in [0.2, 0.25) is 5.95 Å². The summed E-state index contributed by atoms with van der Waals surface area (Å²) in [6.45, 7) is 5.24. The molecule has 1 aliphatic rings. The summed E-state index contributed by atoms with van der Waals surface area (Å²) in [5.74, 6) is 0.0903. The van der Waals surface area contributed by atoms with E-state index in [1.165, 1.54) is 6.33 Å². The summed E-state index contributed by atoms with van der Waals surface area (Å²) in [6.07, 6.45) is 1.02. The van der Waals surface area contributed by atoms with Crippen LogP contribution in [-0.2, 0) is 10.3 Å². The molecular formula is C25H29FN8O4. The molecule has 12 nitrogen and oxygen atoms in total. The van der Waals surface area contributed by atoms with Gasteiger partial charge in [-0.1, -0.05) is 0 Å². The van der Waals surface area contributed by atoms with Gasteiger partial charge in [0.05, 0.1) is 36.1 Å². The molecule has 0 bridgehead atoms.